The van der Waals surface area contributed by atoms with Crippen LogP contribution in [0, 0.1) is 0 Å². The predicted octanol–water partition coefficient (Wildman–Crippen LogP) is -25.2. The van der Waals surface area contributed by atoms with Crippen molar-refractivity contribution in [1.29, 1.82) is 0 Å². The number of aliphatic hydroxyl groups excluding tert-OH is 35. The number of hydrogen-bond acceptors (Lipinski definition) is 56. The van der Waals surface area contributed by atoms with Gasteiger partial charge < -0.3 is 279 Å². The maximum atomic E-state index is 12.7. The zero-order valence-electron chi connectivity index (χ0n) is 65.9. The highest BCUT2D eigenvalue weighted by Crippen LogP contribution is 2.41. The molecule has 0 bridgehead atoms. The number of hydrogen-bond donors (Lipinski definition) is 36. The second kappa shape index (κ2) is 46.0. The van der Waals surface area contributed by atoms with Crippen LogP contribution in [-0.4, -0.2) is 595 Å². The van der Waals surface area contributed by atoms with Gasteiger partial charge in [-0.2, -0.15) is 0 Å². The molecule has 36 N–H and O–H groups in total. The Morgan fingerprint density at radius 3 is 0.808 bits per heavy atom. The summed E-state index contributed by atoms with van der Waals surface area (Å²) in [6.07, 6.45) is -119. The smallest absolute Gasteiger partial charge is 0.217 e. The molecule has 57 nitrogen and oxygen atoms in total. The molecule has 0 aromatic carbocycles. The quantitative estimate of drug-likeness (QED) is 0.0277. The summed E-state index contributed by atoms with van der Waals surface area (Å²) in [5, 5.41) is 389. The minimum absolute atomic E-state index is 0.916. The zero-order valence-corrected chi connectivity index (χ0v) is 65.9. The van der Waals surface area contributed by atoms with Gasteiger partial charge in [0.1, 0.15) is 262 Å². The lowest BCUT2D eigenvalue weighted by Crippen LogP contribution is -2.69. The molecule has 10 rings (SSSR count). The van der Waals surface area contributed by atoms with E-state index in [1.165, 1.54) is 0 Å². The van der Waals surface area contributed by atoms with Crippen molar-refractivity contribution in [3.8, 4) is 0 Å². The van der Waals surface area contributed by atoms with Gasteiger partial charge >= 0.3 is 0 Å². The fourth-order valence-corrected chi connectivity index (χ4v) is 15.6. The first kappa shape index (κ1) is 104. The average molecular weight is 1840 g/mol. The first-order valence-corrected chi connectivity index (χ1v) is 39.6. The molecule has 10 saturated heterocycles. The normalized spacial score (nSPS) is 50.0. The Kier molecular flexibility index (Phi) is 38.4. The third-order valence-corrected chi connectivity index (χ3v) is 23.0. The van der Waals surface area contributed by atoms with E-state index in [1.54, 1.807) is 0 Å². The number of carbonyl (C=O) groups is 1. The van der Waals surface area contributed by atoms with Crippen LogP contribution in [0.5, 0.6) is 0 Å². The van der Waals surface area contributed by atoms with Crippen LogP contribution >= 0.6 is 0 Å². The summed E-state index contributed by atoms with van der Waals surface area (Å²) in [7, 11) is 0. The number of ether oxygens (including phenoxy) is 20. The largest absolute Gasteiger partial charge is 0.394 e. The van der Waals surface area contributed by atoms with Crippen molar-refractivity contribution < 1.29 is 278 Å². The van der Waals surface area contributed by atoms with Crippen LogP contribution < -0.4 is 5.32 Å². The molecule has 0 spiro atoms. The standard InChI is InChI=1S/C68H117NO56/c1-14(80)69-15(2-70)27(82)51(16(81)3-71)118-64-50(105)54(121-67-58(44(99)34(89)22(9-77)114-67)125-68-57(43(98)33(88)23(10-78)115-68)124-63-49(104)52(35(90)24(11-79)111-63)119-60-45(100)38(93)28(83)17(4-72)108-60)37(92)26(117-64)12-106-59-48(103)53(120-66-56(42(97)32(87)21(8-76)113-66)123-62-47(102)40(95)30(85)19(6-74)110-62)36(91)25(116-59)13-107-65-55(41(96)31(86)20(7-75)112-65)122-61-46(101)39(94)29(84)18(5-73)109-61/h15-68,70-79,81-105H,2-13H2,1H3,(H,69,80)/t15-,16+,17+,18+,19+,20+,21+,22+,23+,24+,25+,26+,27+,28+,29+,30+,31+,32+,33+,34+,35+,36+,37+,38-,39-,40-,41-,42-,43-,44-,45+,46-,47-,48-,49-,50-,51+,52-,53-,54-,55-,56-,57-,58-,59-,60+,61+,62+,63+,64-,65-,66+,67+,68+/m0/s1. The molecule has 10 aliphatic heterocycles. The molecule has 0 saturated carbocycles. The molecule has 0 aromatic heterocycles. The van der Waals surface area contributed by atoms with E-state index in [-0.39, 0.29) is 0 Å². The zero-order chi connectivity index (χ0) is 92.1. The molecule has 0 aromatic rings. The molecule has 10 heterocycles. The molecule has 125 heavy (non-hydrogen) atoms. The van der Waals surface area contributed by atoms with Gasteiger partial charge in [0.25, 0.3) is 0 Å². The molecule has 0 aliphatic carbocycles. The lowest BCUT2D eigenvalue weighted by molar-refractivity contribution is -0.410. The Labute approximate surface area is 705 Å². The summed E-state index contributed by atoms with van der Waals surface area (Å²) < 4.78 is 117. The van der Waals surface area contributed by atoms with Crippen molar-refractivity contribution in [3.63, 3.8) is 0 Å². The minimum Gasteiger partial charge on any atom is -0.394 e. The first-order chi connectivity index (χ1) is 59.2. The molecule has 0 radical (unpaired) electrons. The van der Waals surface area contributed by atoms with E-state index >= 15 is 0 Å². The van der Waals surface area contributed by atoms with Crippen molar-refractivity contribution in [2.24, 2.45) is 0 Å². The van der Waals surface area contributed by atoms with Crippen LogP contribution in [0.25, 0.3) is 0 Å². The van der Waals surface area contributed by atoms with E-state index < -0.39 is 417 Å². The summed E-state index contributed by atoms with van der Waals surface area (Å²) in [5.74, 6) is -0.931. The van der Waals surface area contributed by atoms with Crippen LogP contribution in [0.3, 0.4) is 0 Å². The monoisotopic (exact) mass is 1840 g/mol. The first-order valence-electron chi connectivity index (χ1n) is 39.6. The maximum absolute atomic E-state index is 12.7. The molecule has 1 amide bonds. The van der Waals surface area contributed by atoms with Gasteiger partial charge in [0.15, 0.2) is 62.9 Å². The van der Waals surface area contributed by atoms with Crippen molar-refractivity contribution in [1.82, 2.24) is 5.32 Å². The second-order valence-corrected chi connectivity index (χ2v) is 31.4. The minimum atomic E-state index is -2.71. The highest BCUT2D eigenvalue weighted by molar-refractivity contribution is 5.73. The van der Waals surface area contributed by atoms with Crippen LogP contribution in [0.2, 0.25) is 0 Å². The highest BCUT2D eigenvalue weighted by Gasteiger charge is 2.62. The predicted molar refractivity (Wildman–Crippen MR) is 376 cm³/mol. The van der Waals surface area contributed by atoms with Gasteiger partial charge in [-0.3, -0.25) is 4.79 Å². The Morgan fingerprint density at radius 2 is 0.488 bits per heavy atom. The molecular weight excluding hydrogens is 1730 g/mol. The maximum Gasteiger partial charge on any atom is 0.217 e. The average Bonchev–Trinajstić information content (AvgIpc) is 0.767. The van der Waals surface area contributed by atoms with Gasteiger partial charge in [0.05, 0.1) is 85.3 Å². The lowest BCUT2D eigenvalue weighted by Gasteiger charge is -2.50. The Balaban J connectivity index is 1.000. The van der Waals surface area contributed by atoms with Gasteiger partial charge in [-0.1, -0.05) is 0 Å². The summed E-state index contributed by atoms with van der Waals surface area (Å²) in [5.41, 5.74) is 0. The number of aliphatic hydroxyl groups is 35. The van der Waals surface area contributed by atoms with Crippen molar-refractivity contribution in [2.45, 2.75) is 338 Å². The van der Waals surface area contributed by atoms with Crippen LogP contribution in [0.15, 0.2) is 0 Å². The van der Waals surface area contributed by atoms with Gasteiger partial charge in [0.2, 0.25) is 5.91 Å². The third kappa shape index (κ3) is 22.8. The highest BCUT2D eigenvalue weighted by atomic mass is 16.8. The number of carbonyl (C=O) groups excluding carboxylic acids is 1. The molecule has 730 valence electrons. The van der Waals surface area contributed by atoms with Gasteiger partial charge in [-0.25, -0.2) is 0 Å². The van der Waals surface area contributed by atoms with Crippen LogP contribution in [0.1, 0.15) is 6.92 Å². The van der Waals surface area contributed by atoms with E-state index in [1.807, 2.05) is 0 Å². The van der Waals surface area contributed by atoms with Gasteiger partial charge in [-0.05, 0) is 0 Å². The Morgan fingerprint density at radius 1 is 0.256 bits per heavy atom. The fourth-order valence-electron chi connectivity index (χ4n) is 15.6. The topological polar surface area (TPSA) is 922 Å². The number of nitrogens with one attached hydrogen (secondary N) is 1. The van der Waals surface area contributed by atoms with Gasteiger partial charge in [-0.15, -0.1) is 0 Å². The van der Waals surface area contributed by atoms with E-state index in [0.29, 0.717) is 0 Å². The summed E-state index contributed by atoms with van der Waals surface area (Å²) in [4.78, 5) is 12.4. The van der Waals surface area contributed by atoms with E-state index in [2.05, 4.69) is 5.32 Å². The van der Waals surface area contributed by atoms with Crippen LogP contribution in [0.4, 0.5) is 0 Å². The number of amides is 1. The Bertz CT molecular complexity index is 3200. The molecule has 57 heteroatoms. The summed E-state index contributed by atoms with van der Waals surface area (Å²) in [6, 6.07) is -1.84. The van der Waals surface area contributed by atoms with Crippen molar-refractivity contribution in [2.75, 3.05) is 79.3 Å². The van der Waals surface area contributed by atoms with Crippen molar-refractivity contribution >= 4 is 5.91 Å². The van der Waals surface area contributed by atoms with Gasteiger partial charge in [0, 0.05) is 6.92 Å². The molecule has 10 fully saturated rings. The molecule has 10 aliphatic rings. The van der Waals surface area contributed by atoms with Crippen LogP contribution in [-0.2, 0) is 99.5 Å². The molecular formula is C68H117NO56. The Hall–Kier alpha value is -2.73. The fraction of sp³-hybridized carbons (Fsp3) is 0.985. The van der Waals surface area contributed by atoms with E-state index in [0.717, 1.165) is 6.92 Å². The van der Waals surface area contributed by atoms with E-state index in [4.69, 9.17) is 94.7 Å². The second-order valence-electron chi connectivity index (χ2n) is 31.4. The van der Waals surface area contributed by atoms with Crippen molar-refractivity contribution in [3.05, 3.63) is 0 Å². The summed E-state index contributed by atoms with van der Waals surface area (Å²) in [6.45, 7) is -13.3. The lowest BCUT2D eigenvalue weighted by atomic mass is 9.95. The SMILES string of the molecule is CC(=O)N[C@@H](CO)[C@@H](O)[C@H](O[C@@H]1O[C@H](CO[C@H]2O[C@H](CO[C@H]3O[C@H](CO)[C@@H](O)[C@H](O)[C@@H]3O[C@H]3O[C@H](CO)[C@@H](O)[C@H](O)[C@@H]3O)[C@@H](O)[C@H](O[C@H]3O[C@H](CO)[C@@H](O)[C@H](O)[C@@H]3O[C@H]3O[C@H](CO)[C@@H](O)[C@H](O)[C@@H]3O)[C@@H]2O)[C@@H](O)[C@H](O[C@H]2O[C@H](CO)[C@@H](O)[C@H](O)[C@@H]2O[C@H]2O[C@H](CO)[C@@H](O)[C@H](O)[C@@H]2O[C@H]2O[C@H](CO)[C@@H](O)[C@H](O[C@H]3O[C@H](CO)[C@@H](O)[C@H](O)[C@H]3O)[C@@H]2O)[C@@H]1O)[C@H](O)CO. The van der Waals surface area contributed by atoms with E-state index in [9.17, 15) is 184 Å². The number of rotatable bonds is 36. The summed E-state index contributed by atoms with van der Waals surface area (Å²) >= 11 is 0. The third-order valence-electron chi connectivity index (χ3n) is 23.0. The molecule has 0 unspecified atom stereocenters. The molecule has 54 atom stereocenters.